The Kier molecular flexibility index (Phi) is 3.92. The van der Waals surface area contributed by atoms with Crippen molar-refractivity contribution in [1.82, 2.24) is 9.88 Å². The standard InChI is InChI=1S/C16H20BN3O2/c1-12(21)22-16(2)9-20(10-16)8-13-3-4-15(19-7-13)14-5-17(6-14)11-18/h3-4,7,14H,5-6,8-10H2,1-2H3. The smallest absolute Gasteiger partial charge is 0.303 e. The summed E-state index contributed by atoms with van der Waals surface area (Å²) in [6.07, 6.45) is 3.81. The molecule has 1 aromatic heterocycles. The Balaban J connectivity index is 1.49. The second-order valence-electron chi connectivity index (χ2n) is 6.77. The van der Waals surface area contributed by atoms with Gasteiger partial charge < -0.3 is 4.74 Å². The van der Waals surface area contributed by atoms with Crippen LogP contribution >= 0.6 is 0 Å². The molecule has 5 nitrogen and oxygen atoms in total. The molecular weight excluding hydrogens is 277 g/mol. The van der Waals surface area contributed by atoms with Gasteiger partial charge >= 0.3 is 5.97 Å². The minimum absolute atomic E-state index is 0.214. The molecular formula is C16H20BN3O2. The van der Waals surface area contributed by atoms with Crippen molar-refractivity contribution >= 4 is 12.7 Å². The summed E-state index contributed by atoms with van der Waals surface area (Å²) in [5, 5.41) is 8.82. The van der Waals surface area contributed by atoms with E-state index in [1.807, 2.05) is 13.1 Å². The first-order valence-corrected chi connectivity index (χ1v) is 7.74. The van der Waals surface area contributed by atoms with Crippen molar-refractivity contribution in [1.29, 1.82) is 5.26 Å². The largest absolute Gasteiger partial charge is 0.457 e. The fourth-order valence-corrected chi connectivity index (χ4v) is 3.42. The molecule has 0 atom stereocenters. The monoisotopic (exact) mass is 297 g/mol. The van der Waals surface area contributed by atoms with Gasteiger partial charge in [-0.25, -0.2) is 5.26 Å². The number of ether oxygens (including phenoxy) is 1. The number of aromatic nitrogens is 1. The maximum absolute atomic E-state index is 11.0. The number of nitriles is 1. The van der Waals surface area contributed by atoms with Crippen LogP contribution in [0.5, 0.6) is 0 Å². The van der Waals surface area contributed by atoms with E-state index >= 15 is 0 Å². The molecule has 0 aliphatic carbocycles. The highest BCUT2D eigenvalue weighted by atomic mass is 16.6. The molecule has 1 aromatic rings. The number of rotatable bonds is 4. The number of hydrogen-bond donors (Lipinski definition) is 0. The van der Waals surface area contributed by atoms with Crippen LogP contribution in [-0.2, 0) is 16.1 Å². The molecule has 0 N–H and O–H groups in total. The van der Waals surface area contributed by atoms with Gasteiger partial charge in [-0.15, -0.1) is 0 Å². The van der Waals surface area contributed by atoms with Crippen LogP contribution in [0.2, 0.25) is 12.6 Å². The summed E-state index contributed by atoms with van der Waals surface area (Å²) in [5.74, 6) is 2.54. The zero-order chi connectivity index (χ0) is 15.7. The van der Waals surface area contributed by atoms with Crippen LogP contribution < -0.4 is 0 Å². The molecule has 6 heteroatoms. The maximum atomic E-state index is 11.0. The van der Waals surface area contributed by atoms with Gasteiger partial charge in [0.05, 0.1) is 0 Å². The summed E-state index contributed by atoms with van der Waals surface area (Å²) < 4.78 is 5.31. The molecule has 2 fully saturated rings. The van der Waals surface area contributed by atoms with Crippen molar-refractivity contribution in [2.75, 3.05) is 13.1 Å². The number of hydrogen-bond acceptors (Lipinski definition) is 5. The van der Waals surface area contributed by atoms with E-state index in [0.717, 1.165) is 38.0 Å². The summed E-state index contributed by atoms with van der Waals surface area (Å²) in [6.45, 7) is 5.99. The lowest BCUT2D eigenvalue weighted by molar-refractivity contribution is -0.174. The third-order valence-electron chi connectivity index (χ3n) is 4.50. The Labute approximate surface area is 131 Å². The molecule has 2 aliphatic rings. The summed E-state index contributed by atoms with van der Waals surface area (Å²) in [5.41, 5.74) is 1.94. The van der Waals surface area contributed by atoms with Crippen molar-refractivity contribution in [2.24, 2.45) is 0 Å². The molecule has 3 heterocycles. The van der Waals surface area contributed by atoms with E-state index in [1.54, 1.807) is 0 Å². The van der Waals surface area contributed by atoms with Crippen LogP contribution in [0.15, 0.2) is 18.3 Å². The summed E-state index contributed by atoms with van der Waals surface area (Å²) in [7, 11) is 0. The highest BCUT2D eigenvalue weighted by Gasteiger charge is 2.41. The molecule has 0 amide bonds. The van der Waals surface area contributed by atoms with E-state index in [0.29, 0.717) is 5.92 Å². The van der Waals surface area contributed by atoms with E-state index < -0.39 is 0 Å². The zero-order valence-electron chi connectivity index (χ0n) is 13.1. The van der Waals surface area contributed by atoms with Crippen LogP contribution in [0.1, 0.15) is 31.0 Å². The average molecular weight is 297 g/mol. The Morgan fingerprint density at radius 1 is 1.55 bits per heavy atom. The number of pyridine rings is 1. The summed E-state index contributed by atoms with van der Waals surface area (Å²) in [4.78, 5) is 17.8. The van der Waals surface area contributed by atoms with Crippen molar-refractivity contribution in [3.8, 4) is 5.97 Å². The van der Waals surface area contributed by atoms with E-state index in [2.05, 4.69) is 28.0 Å². The molecule has 22 heavy (non-hydrogen) atoms. The van der Waals surface area contributed by atoms with Gasteiger partial charge in [0.1, 0.15) is 5.60 Å². The van der Waals surface area contributed by atoms with Crippen molar-refractivity contribution < 1.29 is 9.53 Å². The Bertz CT molecular complexity index is 599. The van der Waals surface area contributed by atoms with E-state index in [1.165, 1.54) is 12.5 Å². The van der Waals surface area contributed by atoms with Crippen LogP contribution in [0.3, 0.4) is 0 Å². The van der Waals surface area contributed by atoms with E-state index in [9.17, 15) is 4.79 Å². The van der Waals surface area contributed by atoms with Crippen molar-refractivity contribution in [3.05, 3.63) is 29.6 Å². The molecule has 0 bridgehead atoms. The molecule has 0 radical (unpaired) electrons. The Hall–Kier alpha value is -1.87. The van der Waals surface area contributed by atoms with E-state index in [-0.39, 0.29) is 18.3 Å². The molecule has 2 saturated heterocycles. The Morgan fingerprint density at radius 3 is 2.82 bits per heavy atom. The van der Waals surface area contributed by atoms with Gasteiger partial charge in [-0.1, -0.05) is 18.7 Å². The second kappa shape index (κ2) is 5.73. The predicted octanol–water partition coefficient (Wildman–Crippen LogP) is 1.87. The van der Waals surface area contributed by atoms with Crippen LogP contribution in [0.4, 0.5) is 0 Å². The van der Waals surface area contributed by atoms with Crippen molar-refractivity contribution in [2.45, 2.75) is 44.6 Å². The first-order valence-electron chi connectivity index (χ1n) is 7.74. The molecule has 0 aromatic carbocycles. The quantitative estimate of drug-likeness (QED) is 0.627. The molecule has 0 spiro atoms. The van der Waals surface area contributed by atoms with Crippen LogP contribution in [-0.4, -0.2) is 41.3 Å². The lowest BCUT2D eigenvalue weighted by Gasteiger charge is -2.46. The second-order valence-corrected chi connectivity index (χ2v) is 6.77. The third-order valence-corrected chi connectivity index (χ3v) is 4.50. The van der Waals surface area contributed by atoms with Gasteiger partial charge in [0.15, 0.2) is 0 Å². The molecule has 2 aliphatic heterocycles. The van der Waals surface area contributed by atoms with Gasteiger partial charge in [-0.2, -0.15) is 0 Å². The predicted molar refractivity (Wildman–Crippen MR) is 83.4 cm³/mol. The minimum Gasteiger partial charge on any atom is -0.457 e. The van der Waals surface area contributed by atoms with Gasteiger partial charge in [0.2, 0.25) is 0 Å². The lowest BCUT2D eigenvalue weighted by atomic mass is 9.32. The van der Waals surface area contributed by atoms with Gasteiger partial charge in [-0.05, 0) is 24.5 Å². The molecule has 0 saturated carbocycles. The highest BCUT2D eigenvalue weighted by molar-refractivity contribution is 6.70. The SMILES string of the molecule is CC(=O)OC1(C)CN(Cc2ccc(C3CB(C#N)C3)nc2)C1. The van der Waals surface area contributed by atoms with Gasteiger partial charge in [0, 0.05) is 44.4 Å². The van der Waals surface area contributed by atoms with E-state index in [4.69, 9.17) is 10.00 Å². The van der Waals surface area contributed by atoms with Gasteiger partial charge in [0.25, 0.3) is 6.71 Å². The average Bonchev–Trinajstić information content (AvgIpc) is 2.37. The number of carbonyl (C=O) groups excluding carboxylic acids is 1. The third kappa shape index (κ3) is 3.15. The topological polar surface area (TPSA) is 66.2 Å². The highest BCUT2D eigenvalue weighted by Crippen LogP contribution is 2.36. The number of nitrogens with zero attached hydrogens (tertiary/aromatic N) is 3. The number of esters is 1. The molecule has 0 unspecified atom stereocenters. The molecule has 114 valence electrons. The first-order chi connectivity index (χ1) is 10.5. The van der Waals surface area contributed by atoms with Crippen LogP contribution in [0.25, 0.3) is 0 Å². The first kappa shape index (κ1) is 15.0. The van der Waals surface area contributed by atoms with Crippen LogP contribution in [0, 0.1) is 11.2 Å². The maximum Gasteiger partial charge on any atom is 0.303 e. The zero-order valence-corrected chi connectivity index (χ0v) is 13.1. The minimum atomic E-state index is -0.336. The lowest BCUT2D eigenvalue weighted by Crippen LogP contribution is -2.61. The number of likely N-dealkylation sites (tertiary alicyclic amines) is 1. The summed E-state index contributed by atoms with van der Waals surface area (Å²) >= 11 is 0. The number of carbonyl (C=O) groups is 1. The molecule has 3 rings (SSSR count). The summed E-state index contributed by atoms with van der Waals surface area (Å²) in [6, 6.07) is 4.20. The fourth-order valence-electron chi connectivity index (χ4n) is 3.42. The van der Waals surface area contributed by atoms with Crippen molar-refractivity contribution in [3.63, 3.8) is 0 Å². The fraction of sp³-hybridized carbons (Fsp3) is 0.562. The van der Waals surface area contributed by atoms with Gasteiger partial charge in [-0.3, -0.25) is 14.7 Å². The normalized spacial score (nSPS) is 20.7. The Morgan fingerprint density at radius 2 is 2.27 bits per heavy atom.